The van der Waals surface area contributed by atoms with Crippen molar-refractivity contribution in [3.8, 4) is 22.9 Å². The molecule has 10 heteroatoms. The second-order valence-electron chi connectivity index (χ2n) is 7.18. The van der Waals surface area contributed by atoms with Crippen molar-refractivity contribution in [2.75, 3.05) is 19.9 Å². The number of aromatic nitrogens is 2. The van der Waals surface area contributed by atoms with Gasteiger partial charge in [0.25, 0.3) is 0 Å². The highest BCUT2D eigenvalue weighted by molar-refractivity contribution is 7.89. The molecule has 0 N–H and O–H groups in total. The summed E-state index contributed by atoms with van der Waals surface area (Å²) in [5.74, 6) is 2.00. The molecule has 3 heterocycles. The van der Waals surface area contributed by atoms with Crippen LogP contribution in [0, 0.1) is 0 Å². The van der Waals surface area contributed by atoms with Gasteiger partial charge in [0.05, 0.1) is 10.8 Å². The van der Waals surface area contributed by atoms with Crippen LogP contribution in [0.25, 0.3) is 11.4 Å². The molecule has 30 heavy (non-hydrogen) atoms. The molecular weight excluding hydrogens is 430 g/mol. The maximum atomic E-state index is 13.0. The lowest BCUT2D eigenvalue weighted by Gasteiger charge is -2.30. The molecule has 2 aliphatic heterocycles. The fourth-order valence-electron chi connectivity index (χ4n) is 3.67. The summed E-state index contributed by atoms with van der Waals surface area (Å²) in [6.45, 7) is 0.925. The van der Waals surface area contributed by atoms with E-state index in [1.54, 1.807) is 24.3 Å². The number of halogens is 1. The fourth-order valence-corrected chi connectivity index (χ4v) is 5.32. The Morgan fingerprint density at radius 2 is 1.87 bits per heavy atom. The number of fused-ring (bicyclic) bond motifs is 1. The molecule has 0 aliphatic carbocycles. The zero-order valence-electron chi connectivity index (χ0n) is 15.8. The summed E-state index contributed by atoms with van der Waals surface area (Å²) in [5, 5.41) is 4.57. The van der Waals surface area contributed by atoms with Crippen molar-refractivity contribution >= 4 is 21.6 Å². The van der Waals surface area contributed by atoms with E-state index in [9.17, 15) is 8.42 Å². The van der Waals surface area contributed by atoms with Crippen LogP contribution in [0.4, 0.5) is 0 Å². The van der Waals surface area contributed by atoms with E-state index in [-0.39, 0.29) is 24.2 Å². The Morgan fingerprint density at radius 3 is 2.70 bits per heavy atom. The van der Waals surface area contributed by atoms with E-state index in [1.807, 2.05) is 6.07 Å². The second-order valence-corrected chi connectivity index (χ2v) is 9.55. The topological polar surface area (TPSA) is 94.8 Å². The van der Waals surface area contributed by atoms with Crippen LogP contribution in [0.5, 0.6) is 11.5 Å². The first-order valence-electron chi connectivity index (χ1n) is 9.50. The third kappa shape index (κ3) is 3.53. The zero-order valence-corrected chi connectivity index (χ0v) is 17.4. The molecule has 0 saturated carbocycles. The van der Waals surface area contributed by atoms with Gasteiger partial charge in [-0.2, -0.15) is 9.29 Å². The van der Waals surface area contributed by atoms with Gasteiger partial charge in [-0.3, -0.25) is 0 Å². The fraction of sp³-hybridized carbons (Fsp3) is 0.300. The van der Waals surface area contributed by atoms with Crippen LogP contribution in [-0.4, -0.2) is 42.7 Å². The van der Waals surface area contributed by atoms with Gasteiger partial charge >= 0.3 is 0 Å². The van der Waals surface area contributed by atoms with Gasteiger partial charge in [0.15, 0.2) is 11.5 Å². The molecule has 2 aliphatic rings. The first-order chi connectivity index (χ1) is 14.5. The Bertz CT molecular complexity index is 1180. The number of nitrogens with zero attached hydrogens (tertiary/aromatic N) is 3. The minimum atomic E-state index is -3.62. The highest BCUT2D eigenvalue weighted by Gasteiger charge is 2.33. The lowest BCUT2D eigenvalue weighted by Crippen LogP contribution is -2.39. The smallest absolute Gasteiger partial charge is 0.243 e. The van der Waals surface area contributed by atoms with Gasteiger partial charge in [-0.05, 0) is 55.3 Å². The molecule has 0 spiro atoms. The molecule has 1 fully saturated rings. The van der Waals surface area contributed by atoms with E-state index in [4.69, 9.17) is 25.6 Å². The van der Waals surface area contributed by atoms with Crippen molar-refractivity contribution in [3.05, 3.63) is 53.4 Å². The third-order valence-corrected chi connectivity index (χ3v) is 7.39. The summed E-state index contributed by atoms with van der Waals surface area (Å²) >= 11 is 5.88. The minimum absolute atomic E-state index is 0.170. The van der Waals surface area contributed by atoms with Gasteiger partial charge in [0.1, 0.15) is 0 Å². The van der Waals surface area contributed by atoms with Crippen molar-refractivity contribution < 1.29 is 22.4 Å². The number of benzene rings is 2. The number of rotatable bonds is 4. The Labute approximate surface area is 178 Å². The molecule has 1 saturated heterocycles. The predicted octanol–water partition coefficient (Wildman–Crippen LogP) is 3.69. The first-order valence-corrected chi connectivity index (χ1v) is 11.3. The molecule has 0 bridgehead atoms. The molecule has 2 aromatic carbocycles. The third-order valence-electron chi connectivity index (χ3n) is 5.26. The summed E-state index contributed by atoms with van der Waals surface area (Å²) in [7, 11) is -3.62. The molecule has 5 rings (SSSR count). The predicted molar refractivity (Wildman–Crippen MR) is 108 cm³/mol. The largest absolute Gasteiger partial charge is 0.454 e. The Balaban J connectivity index is 1.36. The van der Waals surface area contributed by atoms with Crippen molar-refractivity contribution in [1.29, 1.82) is 0 Å². The molecule has 3 aromatic rings. The maximum Gasteiger partial charge on any atom is 0.243 e. The molecule has 156 valence electrons. The summed E-state index contributed by atoms with van der Waals surface area (Å²) < 4.78 is 43.7. The zero-order chi connectivity index (χ0) is 20.7. The van der Waals surface area contributed by atoms with Crippen molar-refractivity contribution in [2.45, 2.75) is 23.7 Å². The van der Waals surface area contributed by atoms with Gasteiger partial charge in [-0.15, -0.1) is 0 Å². The lowest BCUT2D eigenvalue weighted by atomic mass is 10.00. The standard InChI is InChI=1S/C20H18ClN3O5S/c21-15-4-6-16(7-5-15)30(25,26)24-9-1-2-14(11-24)20-22-19(23-29-20)13-3-8-17-18(10-13)28-12-27-17/h3-8,10,14H,1-2,9,11-12H2/t14-/m0/s1. The normalized spacial score (nSPS) is 19.2. The van der Waals surface area contributed by atoms with Gasteiger partial charge in [0.2, 0.25) is 28.5 Å². The Hall–Kier alpha value is -2.62. The number of hydrogen-bond donors (Lipinski definition) is 0. The average molecular weight is 448 g/mol. The number of piperidine rings is 1. The van der Waals surface area contributed by atoms with Crippen LogP contribution in [0.1, 0.15) is 24.7 Å². The summed E-state index contributed by atoms with van der Waals surface area (Å²) in [5.41, 5.74) is 0.746. The maximum absolute atomic E-state index is 13.0. The Morgan fingerprint density at radius 1 is 1.07 bits per heavy atom. The van der Waals surface area contributed by atoms with E-state index in [0.717, 1.165) is 12.0 Å². The summed E-state index contributed by atoms with van der Waals surface area (Å²) in [4.78, 5) is 4.74. The van der Waals surface area contributed by atoms with Gasteiger partial charge < -0.3 is 14.0 Å². The molecule has 0 amide bonds. The van der Waals surface area contributed by atoms with E-state index >= 15 is 0 Å². The van der Waals surface area contributed by atoms with Crippen LogP contribution in [0.3, 0.4) is 0 Å². The first kappa shape index (κ1) is 19.3. The van der Waals surface area contributed by atoms with Gasteiger partial charge in [-0.25, -0.2) is 8.42 Å². The van der Waals surface area contributed by atoms with E-state index < -0.39 is 10.0 Å². The van der Waals surface area contributed by atoms with Gasteiger partial charge in [-0.1, -0.05) is 16.8 Å². The van der Waals surface area contributed by atoms with Crippen LogP contribution < -0.4 is 9.47 Å². The van der Waals surface area contributed by atoms with Crippen molar-refractivity contribution in [3.63, 3.8) is 0 Å². The van der Waals surface area contributed by atoms with Crippen LogP contribution >= 0.6 is 11.6 Å². The monoisotopic (exact) mass is 447 g/mol. The van der Waals surface area contributed by atoms with E-state index in [1.165, 1.54) is 16.4 Å². The Kier molecular flexibility index (Phi) is 4.88. The molecule has 8 nitrogen and oxygen atoms in total. The average Bonchev–Trinajstić information content (AvgIpc) is 3.43. The lowest BCUT2D eigenvalue weighted by molar-refractivity contribution is 0.174. The van der Waals surface area contributed by atoms with E-state index in [2.05, 4.69) is 10.1 Å². The highest BCUT2D eigenvalue weighted by atomic mass is 35.5. The highest BCUT2D eigenvalue weighted by Crippen LogP contribution is 2.36. The van der Waals surface area contributed by atoms with Gasteiger partial charge in [0, 0.05) is 23.7 Å². The molecule has 1 aromatic heterocycles. The quantitative estimate of drug-likeness (QED) is 0.601. The van der Waals surface area contributed by atoms with E-state index in [0.29, 0.717) is 41.2 Å². The molecular formula is C20H18ClN3O5S. The minimum Gasteiger partial charge on any atom is -0.454 e. The summed E-state index contributed by atoms with van der Waals surface area (Å²) in [6, 6.07) is 11.6. The number of ether oxygens (including phenoxy) is 2. The van der Waals surface area contributed by atoms with Crippen LogP contribution in [0.15, 0.2) is 51.9 Å². The SMILES string of the molecule is O=S(=O)(c1ccc(Cl)cc1)N1CCC[C@H](c2nc(-c3ccc4c(c3)OCO4)no2)C1. The molecule has 0 radical (unpaired) electrons. The van der Waals surface area contributed by atoms with Crippen LogP contribution in [-0.2, 0) is 10.0 Å². The van der Waals surface area contributed by atoms with Crippen molar-refractivity contribution in [2.24, 2.45) is 0 Å². The van der Waals surface area contributed by atoms with Crippen molar-refractivity contribution in [1.82, 2.24) is 14.4 Å². The van der Waals surface area contributed by atoms with Crippen LogP contribution in [0.2, 0.25) is 5.02 Å². The molecule has 1 atom stereocenters. The summed E-state index contributed by atoms with van der Waals surface area (Å²) in [6.07, 6.45) is 1.48. The molecule has 0 unspecified atom stereocenters. The second kappa shape index (κ2) is 7.57. The number of hydrogen-bond acceptors (Lipinski definition) is 7. The number of sulfonamides is 1.